The van der Waals surface area contributed by atoms with Gasteiger partial charge in [-0.2, -0.15) is 0 Å². The number of nitrogens with one attached hydrogen (secondary N) is 2. The van der Waals surface area contributed by atoms with Gasteiger partial charge in [-0.05, 0) is 44.1 Å². The fourth-order valence-electron chi connectivity index (χ4n) is 2.14. The third-order valence-corrected chi connectivity index (χ3v) is 4.65. The molecule has 1 aromatic carbocycles. The van der Waals surface area contributed by atoms with Crippen LogP contribution in [0.15, 0.2) is 39.1 Å². The first kappa shape index (κ1) is 17.6. The number of carbonyl (C=O) groups excluding carboxylic acids is 1. The third-order valence-electron chi connectivity index (χ3n) is 3.35. The number of H-pyrrole nitrogens is 1. The Morgan fingerprint density at radius 3 is 2.74 bits per heavy atom. The topological polar surface area (TPSA) is 74.8 Å². The zero-order valence-corrected chi connectivity index (χ0v) is 14.9. The molecule has 2 rings (SSSR count). The minimum atomic E-state index is -0.168. The van der Waals surface area contributed by atoms with Gasteiger partial charge in [-0.3, -0.25) is 9.59 Å². The van der Waals surface area contributed by atoms with Crippen molar-refractivity contribution >= 4 is 35.1 Å². The van der Waals surface area contributed by atoms with E-state index in [1.165, 1.54) is 11.8 Å². The Kier molecular flexibility index (Phi) is 6.29. The zero-order chi connectivity index (χ0) is 16.8. The Balaban J connectivity index is 2.00. The number of benzene rings is 1. The molecule has 2 N–H and O–H groups in total. The molecule has 1 amide bonds. The molecule has 0 aliphatic rings. The standard InChI is InChI=1S/C16H19N3O2S2/c1-10-13(15(21)19-16(17-10)23-3)7-8-14(20)18-11-5-4-6-12(9-11)22-2/h4-6,9H,7-8H2,1-3H3,(H,18,20)(H,17,19,21). The van der Waals surface area contributed by atoms with Crippen molar-refractivity contribution in [1.29, 1.82) is 0 Å². The molecular weight excluding hydrogens is 330 g/mol. The van der Waals surface area contributed by atoms with Crippen LogP contribution in [-0.4, -0.2) is 28.4 Å². The summed E-state index contributed by atoms with van der Waals surface area (Å²) >= 11 is 3.01. The molecule has 0 fully saturated rings. The first-order valence-corrected chi connectivity index (χ1v) is 9.56. The van der Waals surface area contributed by atoms with E-state index in [0.29, 0.717) is 22.8 Å². The van der Waals surface area contributed by atoms with Crippen LogP contribution in [0.25, 0.3) is 0 Å². The molecule has 0 saturated carbocycles. The Hall–Kier alpha value is -1.73. The molecule has 0 saturated heterocycles. The van der Waals surface area contributed by atoms with Crippen molar-refractivity contribution in [2.45, 2.75) is 29.8 Å². The lowest BCUT2D eigenvalue weighted by molar-refractivity contribution is -0.116. The van der Waals surface area contributed by atoms with Crippen LogP contribution in [0.1, 0.15) is 17.7 Å². The summed E-state index contributed by atoms with van der Waals surface area (Å²) in [6.07, 6.45) is 4.46. The minimum absolute atomic E-state index is 0.115. The highest BCUT2D eigenvalue weighted by Crippen LogP contribution is 2.19. The Bertz CT molecular complexity index is 759. The molecule has 0 aliphatic heterocycles. The summed E-state index contributed by atoms with van der Waals surface area (Å²) in [6, 6.07) is 7.67. The first-order valence-electron chi connectivity index (χ1n) is 7.11. The molecule has 2 aromatic rings. The maximum absolute atomic E-state index is 12.1. The van der Waals surface area contributed by atoms with E-state index < -0.39 is 0 Å². The highest BCUT2D eigenvalue weighted by atomic mass is 32.2. The average Bonchev–Trinajstić information content (AvgIpc) is 2.54. The summed E-state index contributed by atoms with van der Waals surface area (Å²) in [5.41, 5.74) is 1.84. The van der Waals surface area contributed by atoms with Crippen LogP contribution in [-0.2, 0) is 11.2 Å². The van der Waals surface area contributed by atoms with E-state index >= 15 is 0 Å². The molecule has 5 nitrogen and oxygen atoms in total. The number of rotatable bonds is 6. The van der Waals surface area contributed by atoms with Gasteiger partial charge in [0.05, 0.1) is 0 Å². The summed E-state index contributed by atoms with van der Waals surface area (Å²) in [7, 11) is 0. The molecule has 1 aromatic heterocycles. The molecule has 0 radical (unpaired) electrons. The van der Waals surface area contributed by atoms with Gasteiger partial charge in [0.1, 0.15) is 0 Å². The van der Waals surface area contributed by atoms with Crippen molar-refractivity contribution in [3.8, 4) is 0 Å². The monoisotopic (exact) mass is 349 g/mol. The Morgan fingerprint density at radius 1 is 1.30 bits per heavy atom. The van der Waals surface area contributed by atoms with Gasteiger partial charge >= 0.3 is 0 Å². The molecule has 0 unspecified atom stereocenters. The highest BCUT2D eigenvalue weighted by Gasteiger charge is 2.11. The fraction of sp³-hybridized carbons (Fsp3) is 0.312. The lowest BCUT2D eigenvalue weighted by atomic mass is 10.1. The number of anilines is 1. The van der Waals surface area contributed by atoms with Crippen molar-refractivity contribution in [2.24, 2.45) is 0 Å². The second-order valence-electron chi connectivity index (χ2n) is 4.92. The van der Waals surface area contributed by atoms with Gasteiger partial charge in [0.15, 0.2) is 5.16 Å². The molecule has 23 heavy (non-hydrogen) atoms. The third kappa shape index (κ3) is 4.87. The van der Waals surface area contributed by atoms with Gasteiger partial charge < -0.3 is 10.3 Å². The summed E-state index contributed by atoms with van der Waals surface area (Å²) in [6.45, 7) is 1.80. The number of aromatic amines is 1. The van der Waals surface area contributed by atoms with Gasteiger partial charge in [-0.25, -0.2) is 4.98 Å². The van der Waals surface area contributed by atoms with Gasteiger partial charge in [0.25, 0.3) is 5.56 Å². The summed E-state index contributed by atoms with van der Waals surface area (Å²) in [5.74, 6) is -0.115. The molecule has 0 aliphatic carbocycles. The lowest BCUT2D eigenvalue weighted by Crippen LogP contribution is -2.20. The molecule has 122 valence electrons. The number of aromatic nitrogens is 2. The molecule has 0 bridgehead atoms. The van der Waals surface area contributed by atoms with Crippen LogP contribution in [0, 0.1) is 6.92 Å². The van der Waals surface area contributed by atoms with E-state index in [-0.39, 0.29) is 17.9 Å². The van der Waals surface area contributed by atoms with Crippen LogP contribution < -0.4 is 10.9 Å². The molecule has 1 heterocycles. The van der Waals surface area contributed by atoms with E-state index in [1.807, 2.05) is 36.8 Å². The van der Waals surface area contributed by atoms with Crippen LogP contribution in [0.3, 0.4) is 0 Å². The predicted octanol–water partition coefficient (Wildman–Crippen LogP) is 3.09. The highest BCUT2D eigenvalue weighted by molar-refractivity contribution is 7.98. The fourth-order valence-corrected chi connectivity index (χ4v) is 3.02. The number of hydrogen-bond acceptors (Lipinski definition) is 5. The number of thioether (sulfide) groups is 2. The van der Waals surface area contributed by atoms with Crippen molar-refractivity contribution in [1.82, 2.24) is 9.97 Å². The summed E-state index contributed by atoms with van der Waals surface area (Å²) < 4.78 is 0. The van der Waals surface area contributed by atoms with Crippen LogP contribution >= 0.6 is 23.5 Å². The van der Waals surface area contributed by atoms with Crippen molar-refractivity contribution in [3.63, 3.8) is 0 Å². The van der Waals surface area contributed by atoms with E-state index in [9.17, 15) is 9.59 Å². The lowest BCUT2D eigenvalue weighted by Gasteiger charge is -2.08. The molecular formula is C16H19N3O2S2. The number of nitrogens with zero attached hydrogens (tertiary/aromatic N) is 1. The summed E-state index contributed by atoms with van der Waals surface area (Å²) in [5, 5.41) is 3.45. The second kappa shape index (κ2) is 8.21. The smallest absolute Gasteiger partial charge is 0.254 e. The van der Waals surface area contributed by atoms with E-state index in [4.69, 9.17) is 0 Å². The zero-order valence-electron chi connectivity index (χ0n) is 13.3. The predicted molar refractivity (Wildman–Crippen MR) is 96.5 cm³/mol. The van der Waals surface area contributed by atoms with Gasteiger partial charge in [0, 0.05) is 28.3 Å². The van der Waals surface area contributed by atoms with Gasteiger partial charge in [-0.1, -0.05) is 17.8 Å². The van der Waals surface area contributed by atoms with Crippen molar-refractivity contribution in [2.75, 3.05) is 17.8 Å². The Morgan fingerprint density at radius 2 is 2.09 bits per heavy atom. The van der Waals surface area contributed by atoms with Crippen LogP contribution in [0.4, 0.5) is 5.69 Å². The van der Waals surface area contributed by atoms with Crippen LogP contribution in [0.5, 0.6) is 0 Å². The number of carbonyl (C=O) groups is 1. The second-order valence-corrected chi connectivity index (χ2v) is 6.59. The van der Waals surface area contributed by atoms with Crippen molar-refractivity contribution < 1.29 is 4.79 Å². The molecule has 7 heteroatoms. The average molecular weight is 349 g/mol. The SMILES string of the molecule is CSc1cccc(NC(=O)CCc2c(C)nc(SC)[nH]c2=O)c1. The molecule has 0 atom stereocenters. The number of hydrogen-bond donors (Lipinski definition) is 2. The van der Waals surface area contributed by atoms with Crippen LogP contribution in [0.2, 0.25) is 0 Å². The maximum atomic E-state index is 12.1. The van der Waals surface area contributed by atoms with E-state index in [0.717, 1.165) is 10.6 Å². The quantitative estimate of drug-likeness (QED) is 0.619. The normalized spacial score (nSPS) is 10.6. The largest absolute Gasteiger partial charge is 0.326 e. The number of aryl methyl sites for hydroxylation is 1. The van der Waals surface area contributed by atoms with Crippen molar-refractivity contribution in [3.05, 3.63) is 45.9 Å². The van der Waals surface area contributed by atoms with Gasteiger partial charge in [0.2, 0.25) is 5.91 Å². The van der Waals surface area contributed by atoms with E-state index in [1.54, 1.807) is 18.7 Å². The Labute approximate surface area is 143 Å². The summed E-state index contributed by atoms with van der Waals surface area (Å²) in [4.78, 5) is 32.2. The van der Waals surface area contributed by atoms with Gasteiger partial charge in [-0.15, -0.1) is 11.8 Å². The molecule has 0 spiro atoms. The maximum Gasteiger partial charge on any atom is 0.254 e. The first-order chi connectivity index (χ1) is 11.0. The minimum Gasteiger partial charge on any atom is -0.326 e. The number of amides is 1. The van der Waals surface area contributed by atoms with E-state index in [2.05, 4.69) is 15.3 Å².